The smallest absolute Gasteiger partial charge is 0.265 e. The predicted molar refractivity (Wildman–Crippen MR) is 200 cm³/mol. The second-order valence-corrected chi connectivity index (χ2v) is 15.9. The van der Waals surface area contributed by atoms with Gasteiger partial charge in [0.25, 0.3) is 11.5 Å². The molecule has 1 aromatic carbocycles. The Kier molecular flexibility index (Phi) is 9.29. The van der Waals surface area contributed by atoms with Crippen molar-refractivity contribution in [1.82, 2.24) is 33.9 Å². The molecule has 0 bridgehead atoms. The van der Waals surface area contributed by atoms with E-state index in [-0.39, 0.29) is 35.8 Å². The van der Waals surface area contributed by atoms with Gasteiger partial charge in [-0.3, -0.25) is 23.9 Å². The van der Waals surface area contributed by atoms with Crippen molar-refractivity contribution in [3.8, 4) is 10.6 Å². The number of hydrogen-bond donors (Lipinski definition) is 1. The maximum Gasteiger partial charge on any atom is 0.265 e. The average molecular weight is 720 g/mol. The largest absolute Gasteiger partial charge is 0.388 e. The SMILES string of the molecule is Cc1ccc(-c2nc(C)c(C(=O)N3CC[C@@H](C(=O)N4CCC(O)(Cn5cnc6c(ccn6C6CCCC6)c5=O)CC4)[C@H](c4ccccc4)C3)s2)cn1. The molecule has 52 heavy (non-hydrogen) atoms. The molecular weight excluding hydrogens is 675 g/mol. The highest BCUT2D eigenvalue weighted by Crippen LogP contribution is 2.38. The summed E-state index contributed by atoms with van der Waals surface area (Å²) in [5, 5.41) is 13.0. The van der Waals surface area contributed by atoms with Crippen molar-refractivity contribution in [2.75, 3.05) is 26.2 Å². The molecule has 2 atom stereocenters. The average Bonchev–Trinajstić information content (AvgIpc) is 3.94. The number of hydrogen-bond acceptors (Lipinski definition) is 8. The first-order valence-corrected chi connectivity index (χ1v) is 19.3. The molecule has 0 radical (unpaired) electrons. The number of carbonyl (C=O) groups excluding carboxylic acids is 2. The second-order valence-electron chi connectivity index (χ2n) is 14.9. The number of carbonyl (C=O) groups is 2. The summed E-state index contributed by atoms with van der Waals surface area (Å²) in [5.74, 6) is -0.476. The second kappa shape index (κ2) is 14.0. The Morgan fingerprint density at radius 3 is 2.44 bits per heavy atom. The van der Waals surface area contributed by atoms with Crippen molar-refractivity contribution >= 4 is 34.2 Å². The van der Waals surface area contributed by atoms with Crippen LogP contribution in [0.25, 0.3) is 21.6 Å². The number of aromatic nitrogens is 5. The van der Waals surface area contributed by atoms with Crippen LogP contribution in [0.15, 0.2) is 72.0 Å². The van der Waals surface area contributed by atoms with Gasteiger partial charge in [-0.05, 0) is 69.7 Å². The van der Waals surface area contributed by atoms with Crippen molar-refractivity contribution < 1.29 is 14.7 Å². The van der Waals surface area contributed by atoms with Gasteiger partial charge in [-0.1, -0.05) is 43.2 Å². The first kappa shape index (κ1) is 34.4. The number of pyridine rings is 1. The molecule has 2 aliphatic heterocycles. The van der Waals surface area contributed by atoms with Gasteiger partial charge in [-0.2, -0.15) is 0 Å². The third kappa shape index (κ3) is 6.58. The van der Waals surface area contributed by atoms with E-state index in [1.165, 1.54) is 28.7 Å². The van der Waals surface area contributed by atoms with Crippen LogP contribution < -0.4 is 5.56 Å². The maximum absolute atomic E-state index is 14.3. The number of benzene rings is 1. The van der Waals surface area contributed by atoms with Crippen LogP contribution in [0, 0.1) is 19.8 Å². The predicted octanol–water partition coefficient (Wildman–Crippen LogP) is 5.75. The number of fused-ring (bicyclic) bond motifs is 1. The molecule has 12 heteroatoms. The van der Waals surface area contributed by atoms with Crippen LogP contribution in [0.3, 0.4) is 0 Å². The van der Waals surface area contributed by atoms with E-state index in [0.29, 0.717) is 73.1 Å². The molecule has 6 heterocycles. The molecule has 270 valence electrons. The highest BCUT2D eigenvalue weighted by atomic mass is 32.1. The minimum atomic E-state index is -1.13. The molecule has 8 rings (SSSR count). The van der Waals surface area contributed by atoms with Crippen molar-refractivity contribution in [2.24, 2.45) is 5.92 Å². The summed E-state index contributed by atoms with van der Waals surface area (Å²) in [6.45, 7) is 5.64. The molecule has 2 amide bonds. The Morgan fingerprint density at radius 1 is 0.942 bits per heavy atom. The van der Waals surface area contributed by atoms with Gasteiger partial charge in [0.05, 0.1) is 23.2 Å². The summed E-state index contributed by atoms with van der Waals surface area (Å²) in [6, 6.07) is 16.2. The number of aryl methyl sites for hydroxylation is 2. The highest BCUT2D eigenvalue weighted by molar-refractivity contribution is 7.17. The molecule has 1 aliphatic carbocycles. The van der Waals surface area contributed by atoms with E-state index in [2.05, 4.69) is 14.5 Å². The first-order valence-electron chi connectivity index (χ1n) is 18.5. The monoisotopic (exact) mass is 719 g/mol. The van der Waals surface area contributed by atoms with Crippen LogP contribution in [0.5, 0.6) is 0 Å². The van der Waals surface area contributed by atoms with Gasteiger partial charge in [-0.25, -0.2) is 9.97 Å². The van der Waals surface area contributed by atoms with Gasteiger partial charge in [-0.15, -0.1) is 11.3 Å². The zero-order chi connectivity index (χ0) is 36.0. The van der Waals surface area contributed by atoms with E-state index in [1.54, 1.807) is 12.5 Å². The molecule has 4 aromatic heterocycles. The van der Waals surface area contributed by atoms with Crippen molar-refractivity contribution in [3.63, 3.8) is 0 Å². The van der Waals surface area contributed by atoms with Crippen molar-refractivity contribution in [1.29, 1.82) is 0 Å². The van der Waals surface area contributed by atoms with E-state index in [1.807, 2.05) is 78.4 Å². The summed E-state index contributed by atoms with van der Waals surface area (Å²) >= 11 is 1.39. The molecule has 0 spiro atoms. The number of likely N-dealkylation sites (tertiary alicyclic amines) is 2. The van der Waals surface area contributed by atoms with Crippen LogP contribution in [0.2, 0.25) is 0 Å². The summed E-state index contributed by atoms with van der Waals surface area (Å²) < 4.78 is 3.67. The molecule has 5 aromatic rings. The fraction of sp³-hybridized carbons (Fsp3) is 0.450. The van der Waals surface area contributed by atoms with E-state index >= 15 is 0 Å². The van der Waals surface area contributed by atoms with E-state index in [0.717, 1.165) is 34.7 Å². The zero-order valence-electron chi connectivity index (χ0n) is 29.8. The fourth-order valence-corrected chi connectivity index (χ4v) is 9.47. The number of aliphatic hydroxyl groups is 1. The lowest BCUT2D eigenvalue weighted by Crippen LogP contribution is -2.53. The number of thiazole rings is 1. The topological polar surface area (TPSA) is 126 Å². The summed E-state index contributed by atoms with van der Waals surface area (Å²) in [7, 11) is 0. The molecule has 3 fully saturated rings. The highest BCUT2D eigenvalue weighted by Gasteiger charge is 2.42. The lowest BCUT2D eigenvalue weighted by molar-refractivity contribution is -0.142. The lowest BCUT2D eigenvalue weighted by atomic mass is 9.79. The number of amides is 2. The van der Waals surface area contributed by atoms with Gasteiger partial charge in [0.1, 0.15) is 21.9 Å². The Bertz CT molecular complexity index is 2140. The summed E-state index contributed by atoms with van der Waals surface area (Å²) in [5.41, 5.74) is 2.98. The fourth-order valence-electron chi connectivity index (χ4n) is 8.44. The van der Waals surface area contributed by atoms with Crippen LogP contribution in [0.1, 0.15) is 83.5 Å². The number of rotatable bonds is 7. The lowest BCUT2D eigenvalue weighted by Gasteiger charge is -2.43. The third-order valence-electron chi connectivity index (χ3n) is 11.5. The van der Waals surface area contributed by atoms with E-state index in [4.69, 9.17) is 4.98 Å². The third-order valence-corrected chi connectivity index (χ3v) is 12.7. The standard InChI is InChI=1S/C40H45N7O4S/c1-26-12-13-29(22-41-26)36-43-27(2)34(52-36)39(50)45-18-14-31(33(23-45)28-8-4-3-5-9-28)37(48)44-20-16-40(51,17-21-44)24-46-25-42-35-32(38(46)49)15-19-47(35)30-10-6-7-11-30/h3-5,8-9,12-13,15,19,22,25,30-31,33,51H,6-7,10-11,14,16-18,20-21,23-24H2,1-2H3/t31-,33+/m1/s1. The normalized spacial score (nSPS) is 20.8. The van der Waals surface area contributed by atoms with Crippen LogP contribution >= 0.6 is 11.3 Å². The Hall–Kier alpha value is -4.68. The molecular formula is C40H45N7O4S. The van der Waals surface area contributed by atoms with Crippen molar-refractivity contribution in [3.05, 3.63) is 99.4 Å². The molecule has 0 unspecified atom stereocenters. The van der Waals surface area contributed by atoms with Crippen LogP contribution in [-0.2, 0) is 11.3 Å². The summed E-state index contributed by atoms with van der Waals surface area (Å²) in [4.78, 5) is 59.8. The molecule has 11 nitrogen and oxygen atoms in total. The van der Waals surface area contributed by atoms with E-state index < -0.39 is 5.60 Å². The van der Waals surface area contributed by atoms with Gasteiger partial charge in [0, 0.05) is 67.7 Å². The van der Waals surface area contributed by atoms with Gasteiger partial charge in [0.15, 0.2) is 0 Å². The van der Waals surface area contributed by atoms with Crippen LogP contribution in [-0.4, -0.2) is 82.6 Å². The number of piperidine rings is 2. The zero-order valence-corrected chi connectivity index (χ0v) is 30.6. The Labute approximate surface area is 307 Å². The van der Waals surface area contributed by atoms with Gasteiger partial charge >= 0.3 is 0 Å². The minimum absolute atomic E-state index is 0.0552. The quantitative estimate of drug-likeness (QED) is 0.227. The molecule has 1 saturated carbocycles. The Balaban J connectivity index is 0.949. The number of nitrogens with zero attached hydrogens (tertiary/aromatic N) is 7. The van der Waals surface area contributed by atoms with Gasteiger partial charge in [0.2, 0.25) is 5.91 Å². The molecule has 1 N–H and O–H groups in total. The molecule has 2 saturated heterocycles. The Morgan fingerprint density at radius 2 is 1.71 bits per heavy atom. The van der Waals surface area contributed by atoms with Crippen molar-refractivity contribution in [2.45, 2.75) is 82.9 Å². The van der Waals surface area contributed by atoms with E-state index in [9.17, 15) is 19.5 Å². The van der Waals surface area contributed by atoms with Gasteiger partial charge < -0.3 is 19.5 Å². The van der Waals surface area contributed by atoms with Crippen LogP contribution in [0.4, 0.5) is 0 Å². The summed E-state index contributed by atoms with van der Waals surface area (Å²) in [6.07, 6.45) is 11.2. The molecule has 3 aliphatic rings. The first-order chi connectivity index (χ1) is 25.2. The maximum atomic E-state index is 14.3. The minimum Gasteiger partial charge on any atom is -0.388 e.